The van der Waals surface area contributed by atoms with Gasteiger partial charge in [-0.15, -0.1) is 0 Å². The van der Waals surface area contributed by atoms with Gasteiger partial charge in [0.05, 0.1) is 25.0 Å². The number of nitrogens with two attached hydrogens (primary N) is 1. The van der Waals surface area contributed by atoms with Crippen LogP contribution in [0.5, 0.6) is 5.75 Å². The van der Waals surface area contributed by atoms with Crippen molar-refractivity contribution in [3.05, 3.63) is 11.9 Å². The number of aromatic nitrogens is 2. The first-order chi connectivity index (χ1) is 8.78. The molecule has 2 atom stereocenters. The SMILES string of the molecule is COc1cnn(C)c1C(CC(C)CC(C)(C)C)NN. The lowest BCUT2D eigenvalue weighted by Crippen LogP contribution is -2.31. The molecule has 0 amide bonds. The maximum Gasteiger partial charge on any atom is 0.161 e. The van der Waals surface area contributed by atoms with Crippen LogP contribution in [0.4, 0.5) is 0 Å². The van der Waals surface area contributed by atoms with Crippen LogP contribution in [-0.2, 0) is 7.05 Å². The standard InChI is InChI=1S/C14H28N4O/c1-10(8-14(2,3)4)7-11(17-15)13-12(19-6)9-16-18(13)5/h9-11,17H,7-8,15H2,1-6H3. The van der Waals surface area contributed by atoms with E-state index in [2.05, 4.69) is 38.2 Å². The van der Waals surface area contributed by atoms with Crippen molar-refractivity contribution in [2.75, 3.05) is 7.11 Å². The van der Waals surface area contributed by atoms with Crippen molar-refractivity contribution >= 4 is 0 Å². The van der Waals surface area contributed by atoms with Crippen LogP contribution in [-0.4, -0.2) is 16.9 Å². The van der Waals surface area contributed by atoms with Crippen molar-refractivity contribution in [2.24, 2.45) is 24.2 Å². The van der Waals surface area contributed by atoms with Crippen molar-refractivity contribution in [3.8, 4) is 5.75 Å². The van der Waals surface area contributed by atoms with Gasteiger partial charge in [0.25, 0.3) is 0 Å². The molecular weight excluding hydrogens is 240 g/mol. The molecule has 5 nitrogen and oxygen atoms in total. The second kappa shape index (κ2) is 6.39. The van der Waals surface area contributed by atoms with Gasteiger partial charge in [0.15, 0.2) is 5.75 Å². The number of aryl methyl sites for hydroxylation is 1. The van der Waals surface area contributed by atoms with Gasteiger partial charge >= 0.3 is 0 Å². The molecule has 0 saturated carbocycles. The lowest BCUT2D eigenvalue weighted by molar-refractivity contribution is 0.270. The number of ether oxygens (including phenoxy) is 1. The van der Waals surface area contributed by atoms with E-state index in [1.54, 1.807) is 13.3 Å². The average molecular weight is 268 g/mol. The van der Waals surface area contributed by atoms with Gasteiger partial charge in [0.1, 0.15) is 0 Å². The number of nitrogens with one attached hydrogen (secondary N) is 1. The normalized spacial score (nSPS) is 15.3. The van der Waals surface area contributed by atoms with Crippen LogP contribution in [0.15, 0.2) is 6.20 Å². The fraction of sp³-hybridized carbons (Fsp3) is 0.786. The van der Waals surface area contributed by atoms with Crippen LogP contribution in [0.1, 0.15) is 52.3 Å². The second-order valence-corrected chi connectivity index (χ2v) is 6.55. The van der Waals surface area contributed by atoms with Crippen LogP contribution in [0.25, 0.3) is 0 Å². The van der Waals surface area contributed by atoms with Crippen molar-refractivity contribution in [3.63, 3.8) is 0 Å². The highest BCUT2D eigenvalue weighted by molar-refractivity contribution is 5.28. The Hall–Kier alpha value is -1.07. The Kier molecular flexibility index (Phi) is 5.38. The van der Waals surface area contributed by atoms with E-state index in [1.807, 2.05) is 11.7 Å². The first kappa shape index (κ1) is 16.0. The predicted octanol–water partition coefficient (Wildman–Crippen LogP) is 2.40. The third kappa shape index (κ3) is 4.51. The Balaban J connectivity index is 2.80. The van der Waals surface area contributed by atoms with E-state index in [1.165, 1.54) is 0 Å². The van der Waals surface area contributed by atoms with E-state index < -0.39 is 0 Å². The van der Waals surface area contributed by atoms with E-state index in [4.69, 9.17) is 10.6 Å². The Morgan fingerprint density at radius 1 is 1.47 bits per heavy atom. The van der Waals surface area contributed by atoms with Gasteiger partial charge in [-0.2, -0.15) is 5.10 Å². The molecule has 5 heteroatoms. The summed E-state index contributed by atoms with van der Waals surface area (Å²) < 4.78 is 7.18. The van der Waals surface area contributed by atoms with Crippen molar-refractivity contribution < 1.29 is 4.74 Å². The minimum absolute atomic E-state index is 0.0554. The van der Waals surface area contributed by atoms with E-state index in [9.17, 15) is 0 Å². The summed E-state index contributed by atoms with van der Waals surface area (Å²) in [5, 5.41) is 4.23. The molecule has 1 heterocycles. The maximum atomic E-state index is 5.72. The number of hydrazine groups is 1. The number of hydrogen-bond acceptors (Lipinski definition) is 4. The van der Waals surface area contributed by atoms with Gasteiger partial charge in [-0.1, -0.05) is 27.7 Å². The highest BCUT2D eigenvalue weighted by Crippen LogP contribution is 2.33. The zero-order valence-electron chi connectivity index (χ0n) is 13.0. The quantitative estimate of drug-likeness (QED) is 0.614. The Morgan fingerprint density at radius 3 is 2.58 bits per heavy atom. The summed E-state index contributed by atoms with van der Waals surface area (Å²) in [4.78, 5) is 0. The minimum atomic E-state index is 0.0554. The molecule has 0 aliphatic heterocycles. The van der Waals surface area contributed by atoms with Gasteiger partial charge in [-0.25, -0.2) is 0 Å². The summed E-state index contributed by atoms with van der Waals surface area (Å²) in [5.41, 5.74) is 4.23. The fourth-order valence-electron chi connectivity index (χ4n) is 2.77. The molecule has 0 aliphatic rings. The molecule has 19 heavy (non-hydrogen) atoms. The van der Waals surface area contributed by atoms with Gasteiger partial charge in [-0.05, 0) is 24.2 Å². The molecule has 0 aromatic carbocycles. The maximum absolute atomic E-state index is 5.72. The molecule has 0 aliphatic carbocycles. The van der Waals surface area contributed by atoms with Crippen molar-refractivity contribution in [1.29, 1.82) is 0 Å². The number of rotatable bonds is 6. The smallest absolute Gasteiger partial charge is 0.161 e. The zero-order chi connectivity index (χ0) is 14.6. The van der Waals surface area contributed by atoms with Crippen LogP contribution in [0, 0.1) is 11.3 Å². The molecule has 0 bridgehead atoms. The molecule has 1 rings (SSSR count). The molecule has 0 saturated heterocycles. The third-order valence-electron chi connectivity index (χ3n) is 3.30. The summed E-state index contributed by atoms with van der Waals surface area (Å²) in [6.07, 6.45) is 3.85. The largest absolute Gasteiger partial charge is 0.493 e. The summed E-state index contributed by atoms with van der Waals surface area (Å²) in [5.74, 6) is 7.08. The molecule has 0 fully saturated rings. The van der Waals surface area contributed by atoms with Crippen LogP contribution < -0.4 is 16.0 Å². The highest BCUT2D eigenvalue weighted by atomic mass is 16.5. The van der Waals surface area contributed by atoms with Crippen LogP contribution >= 0.6 is 0 Å². The summed E-state index contributed by atoms with van der Waals surface area (Å²) in [6, 6.07) is 0.0554. The molecule has 0 radical (unpaired) electrons. The predicted molar refractivity (Wildman–Crippen MR) is 77.7 cm³/mol. The second-order valence-electron chi connectivity index (χ2n) is 6.55. The van der Waals surface area contributed by atoms with Crippen LogP contribution in [0.3, 0.4) is 0 Å². The van der Waals surface area contributed by atoms with Gasteiger partial charge in [-0.3, -0.25) is 16.0 Å². The Labute approximate surface area is 116 Å². The number of hydrogen-bond donors (Lipinski definition) is 2. The first-order valence-electron chi connectivity index (χ1n) is 6.80. The Bertz CT molecular complexity index is 395. The van der Waals surface area contributed by atoms with E-state index in [-0.39, 0.29) is 6.04 Å². The molecule has 1 aromatic heterocycles. The van der Waals surface area contributed by atoms with Gasteiger partial charge in [0, 0.05) is 7.05 Å². The minimum Gasteiger partial charge on any atom is -0.493 e. The molecule has 0 spiro atoms. The molecule has 1 aromatic rings. The summed E-state index contributed by atoms with van der Waals surface area (Å²) in [7, 11) is 3.57. The molecule has 110 valence electrons. The molecule has 3 N–H and O–H groups in total. The Morgan fingerprint density at radius 2 is 2.11 bits per heavy atom. The van der Waals surface area contributed by atoms with Crippen molar-refractivity contribution in [2.45, 2.75) is 46.6 Å². The van der Waals surface area contributed by atoms with Gasteiger partial charge in [0.2, 0.25) is 0 Å². The third-order valence-corrected chi connectivity index (χ3v) is 3.30. The zero-order valence-corrected chi connectivity index (χ0v) is 13.0. The van der Waals surface area contributed by atoms with Gasteiger partial charge < -0.3 is 4.74 Å². The number of nitrogens with zero attached hydrogens (tertiary/aromatic N) is 2. The van der Waals surface area contributed by atoms with E-state index >= 15 is 0 Å². The monoisotopic (exact) mass is 268 g/mol. The topological polar surface area (TPSA) is 65.1 Å². The molecular formula is C14H28N4O. The summed E-state index contributed by atoms with van der Waals surface area (Å²) >= 11 is 0. The number of methoxy groups -OCH3 is 1. The average Bonchev–Trinajstić information content (AvgIpc) is 2.65. The highest BCUT2D eigenvalue weighted by Gasteiger charge is 2.24. The van der Waals surface area contributed by atoms with E-state index in [0.29, 0.717) is 11.3 Å². The van der Waals surface area contributed by atoms with Crippen LogP contribution in [0.2, 0.25) is 0 Å². The summed E-state index contributed by atoms with van der Waals surface area (Å²) in [6.45, 7) is 9.05. The fourth-order valence-corrected chi connectivity index (χ4v) is 2.77. The van der Waals surface area contributed by atoms with Crippen molar-refractivity contribution in [1.82, 2.24) is 15.2 Å². The lowest BCUT2D eigenvalue weighted by atomic mass is 9.82. The lowest BCUT2D eigenvalue weighted by Gasteiger charge is -2.26. The van der Waals surface area contributed by atoms with E-state index in [0.717, 1.165) is 24.3 Å². The first-order valence-corrected chi connectivity index (χ1v) is 6.80. The molecule has 2 unspecified atom stereocenters.